The van der Waals surface area contributed by atoms with Crippen molar-refractivity contribution < 1.29 is 4.79 Å². The van der Waals surface area contributed by atoms with E-state index in [2.05, 4.69) is 21.8 Å². The van der Waals surface area contributed by atoms with Gasteiger partial charge < -0.3 is 10.6 Å². The minimum absolute atomic E-state index is 0.357. The lowest BCUT2D eigenvalue weighted by Gasteiger charge is -2.40. The van der Waals surface area contributed by atoms with Crippen molar-refractivity contribution in [2.45, 2.75) is 19.4 Å². The van der Waals surface area contributed by atoms with Gasteiger partial charge in [0, 0.05) is 24.2 Å². The molecule has 3 heterocycles. The lowest BCUT2D eigenvalue weighted by molar-refractivity contribution is 0.1000. The molecule has 1 amide bonds. The van der Waals surface area contributed by atoms with Crippen molar-refractivity contribution in [2.24, 2.45) is 5.73 Å². The summed E-state index contributed by atoms with van der Waals surface area (Å²) in [5.41, 5.74) is 6.16. The van der Waals surface area contributed by atoms with Crippen LogP contribution < -0.4 is 10.6 Å². The largest absolute Gasteiger partial charge is 0.366 e. The number of rotatable bonds is 2. The zero-order chi connectivity index (χ0) is 13.6. The third-order valence-electron chi connectivity index (χ3n) is 3.48. The van der Waals surface area contributed by atoms with Gasteiger partial charge in [-0.15, -0.1) is 0 Å². The number of nitrogens with two attached hydrogens (primary N) is 1. The Bertz CT molecular complexity index is 673. The van der Waals surface area contributed by atoms with Crippen molar-refractivity contribution in [2.75, 3.05) is 11.4 Å². The van der Waals surface area contributed by atoms with Crippen LogP contribution in [-0.4, -0.2) is 28.5 Å². The number of anilines is 1. The summed E-state index contributed by atoms with van der Waals surface area (Å²) in [6.45, 7) is 3.09. The van der Waals surface area contributed by atoms with E-state index in [-0.39, 0.29) is 0 Å². The molecule has 0 saturated carbocycles. The highest BCUT2D eigenvalue weighted by Gasteiger charge is 2.27. The molecule has 0 unspecified atom stereocenters. The van der Waals surface area contributed by atoms with Crippen LogP contribution in [-0.2, 0) is 0 Å². The molecular weight excluding hydrogens is 264 g/mol. The Morgan fingerprint density at radius 1 is 1.53 bits per heavy atom. The first-order valence-corrected chi connectivity index (χ1v) is 6.47. The van der Waals surface area contributed by atoms with Crippen LogP contribution in [0.25, 0.3) is 11.0 Å². The van der Waals surface area contributed by atoms with Gasteiger partial charge in [0.25, 0.3) is 0 Å². The first kappa shape index (κ1) is 12.2. The summed E-state index contributed by atoms with van der Waals surface area (Å²) in [5, 5.41) is 1.29. The summed E-state index contributed by atoms with van der Waals surface area (Å²) in [5.74, 6) is 0.248. The summed E-state index contributed by atoms with van der Waals surface area (Å²) < 4.78 is 0. The van der Waals surface area contributed by atoms with Crippen LogP contribution >= 0.6 is 11.6 Å². The summed E-state index contributed by atoms with van der Waals surface area (Å²) in [7, 11) is 0. The molecule has 1 fully saturated rings. The molecular formula is C13H13ClN4O. The molecule has 1 aliphatic rings. The van der Waals surface area contributed by atoms with Crippen LogP contribution in [0.3, 0.4) is 0 Å². The molecule has 3 rings (SSSR count). The van der Waals surface area contributed by atoms with E-state index in [1.807, 2.05) is 0 Å². The zero-order valence-corrected chi connectivity index (χ0v) is 11.2. The van der Waals surface area contributed by atoms with E-state index in [0.29, 0.717) is 22.3 Å². The maximum Gasteiger partial charge on any atom is 0.250 e. The van der Waals surface area contributed by atoms with Gasteiger partial charge in [-0.3, -0.25) is 4.79 Å². The van der Waals surface area contributed by atoms with Gasteiger partial charge in [-0.1, -0.05) is 11.6 Å². The van der Waals surface area contributed by atoms with E-state index < -0.39 is 5.91 Å². The monoisotopic (exact) mass is 276 g/mol. The van der Waals surface area contributed by atoms with Crippen LogP contribution in [0.4, 0.5) is 5.82 Å². The molecule has 98 valence electrons. The topological polar surface area (TPSA) is 72.1 Å². The molecule has 5 nitrogen and oxygen atoms in total. The highest BCUT2D eigenvalue weighted by atomic mass is 35.5. The fourth-order valence-corrected chi connectivity index (χ4v) is 2.46. The predicted octanol–water partition coefficient (Wildman–Crippen LogP) is 1.98. The van der Waals surface area contributed by atoms with Crippen molar-refractivity contribution in [1.29, 1.82) is 0 Å². The fourth-order valence-electron chi connectivity index (χ4n) is 2.20. The van der Waals surface area contributed by atoms with Crippen LogP contribution in [0, 0.1) is 0 Å². The van der Waals surface area contributed by atoms with Gasteiger partial charge >= 0.3 is 0 Å². The molecule has 0 bridgehead atoms. The minimum atomic E-state index is -0.508. The number of amides is 1. The number of fused-ring (bicyclic) bond motifs is 1. The molecule has 0 radical (unpaired) electrons. The Morgan fingerprint density at radius 2 is 2.32 bits per heavy atom. The molecule has 2 aromatic heterocycles. The van der Waals surface area contributed by atoms with E-state index in [4.69, 9.17) is 17.3 Å². The van der Waals surface area contributed by atoms with Gasteiger partial charge in [0.1, 0.15) is 5.82 Å². The number of hydrogen-bond donors (Lipinski definition) is 1. The molecule has 2 N–H and O–H groups in total. The summed E-state index contributed by atoms with van der Waals surface area (Å²) in [6, 6.07) is 3.89. The second-order valence-electron chi connectivity index (χ2n) is 4.76. The van der Waals surface area contributed by atoms with Gasteiger partial charge in [0.2, 0.25) is 5.91 Å². The number of hydrogen-bond acceptors (Lipinski definition) is 4. The number of primary amides is 1. The second kappa shape index (κ2) is 4.35. The van der Waals surface area contributed by atoms with E-state index in [1.54, 1.807) is 12.1 Å². The molecule has 19 heavy (non-hydrogen) atoms. The van der Waals surface area contributed by atoms with E-state index >= 15 is 0 Å². The van der Waals surface area contributed by atoms with Crippen LogP contribution in [0.2, 0.25) is 5.02 Å². The fraction of sp³-hybridized carbons (Fsp3) is 0.308. The summed E-state index contributed by atoms with van der Waals surface area (Å²) >= 11 is 6.26. The number of aromatic nitrogens is 2. The first-order valence-electron chi connectivity index (χ1n) is 6.09. The van der Waals surface area contributed by atoms with Crippen LogP contribution in [0.15, 0.2) is 18.3 Å². The SMILES string of the molecule is C[C@H]1CCN1c1nc2ncc(C(N)=O)cc2cc1Cl. The van der Waals surface area contributed by atoms with Gasteiger partial charge in [-0.2, -0.15) is 0 Å². The van der Waals surface area contributed by atoms with Crippen LogP contribution in [0.5, 0.6) is 0 Å². The standard InChI is InChI=1S/C13H13ClN4O/c1-7-2-3-18(7)13-10(14)5-8-4-9(11(15)19)6-16-12(8)17-13/h4-7H,2-3H2,1H3,(H2,15,19)/t7-/m0/s1. The Morgan fingerprint density at radius 3 is 2.89 bits per heavy atom. The summed E-state index contributed by atoms with van der Waals surface area (Å²) in [4.78, 5) is 21.9. The molecule has 0 aromatic carbocycles. The minimum Gasteiger partial charge on any atom is -0.366 e. The highest BCUT2D eigenvalue weighted by molar-refractivity contribution is 6.33. The summed E-state index contributed by atoms with van der Waals surface area (Å²) in [6.07, 6.45) is 2.58. The van der Waals surface area contributed by atoms with Gasteiger partial charge in [-0.05, 0) is 25.5 Å². The van der Waals surface area contributed by atoms with E-state index in [9.17, 15) is 4.79 Å². The Labute approximate surface area is 115 Å². The van der Waals surface area contributed by atoms with Crippen molar-refractivity contribution in [3.05, 3.63) is 28.9 Å². The number of halogens is 1. The van der Waals surface area contributed by atoms with Crippen molar-refractivity contribution in [3.63, 3.8) is 0 Å². The number of nitrogens with zero attached hydrogens (tertiary/aromatic N) is 3. The smallest absolute Gasteiger partial charge is 0.250 e. The third-order valence-corrected chi connectivity index (χ3v) is 3.76. The molecule has 2 aromatic rings. The molecule has 1 saturated heterocycles. The Kier molecular flexibility index (Phi) is 2.78. The quantitative estimate of drug-likeness (QED) is 0.910. The molecule has 0 spiro atoms. The molecule has 6 heteroatoms. The Balaban J connectivity index is 2.11. The Hall–Kier alpha value is -1.88. The van der Waals surface area contributed by atoms with E-state index in [1.165, 1.54) is 6.20 Å². The van der Waals surface area contributed by atoms with Crippen molar-refractivity contribution in [1.82, 2.24) is 9.97 Å². The van der Waals surface area contributed by atoms with Gasteiger partial charge in [0.05, 0.1) is 10.6 Å². The average molecular weight is 277 g/mol. The highest BCUT2D eigenvalue weighted by Crippen LogP contribution is 2.32. The van der Waals surface area contributed by atoms with Crippen LogP contribution in [0.1, 0.15) is 23.7 Å². The van der Waals surface area contributed by atoms with E-state index in [0.717, 1.165) is 24.2 Å². The number of carbonyl (C=O) groups is 1. The number of pyridine rings is 2. The molecule has 1 aliphatic heterocycles. The van der Waals surface area contributed by atoms with Gasteiger partial charge in [0.15, 0.2) is 5.65 Å². The lowest BCUT2D eigenvalue weighted by Crippen LogP contribution is -2.46. The second-order valence-corrected chi connectivity index (χ2v) is 5.17. The van der Waals surface area contributed by atoms with Crippen molar-refractivity contribution >= 4 is 34.4 Å². The third kappa shape index (κ3) is 2.00. The zero-order valence-electron chi connectivity index (χ0n) is 10.4. The van der Waals surface area contributed by atoms with Gasteiger partial charge in [-0.25, -0.2) is 9.97 Å². The average Bonchev–Trinajstić information content (AvgIpc) is 2.37. The normalized spacial score (nSPS) is 18.4. The maximum absolute atomic E-state index is 11.1. The molecule has 0 aliphatic carbocycles. The van der Waals surface area contributed by atoms with Crippen molar-refractivity contribution in [3.8, 4) is 0 Å². The number of carbonyl (C=O) groups excluding carboxylic acids is 1. The molecule has 1 atom stereocenters. The maximum atomic E-state index is 11.1. The predicted molar refractivity (Wildman–Crippen MR) is 74.5 cm³/mol. The lowest BCUT2D eigenvalue weighted by atomic mass is 10.1. The first-order chi connectivity index (χ1) is 9.06.